The van der Waals surface area contributed by atoms with Crippen molar-refractivity contribution in [3.63, 3.8) is 0 Å². The molecule has 0 heterocycles. The molecule has 1 aromatic carbocycles. The Kier molecular flexibility index (Phi) is 7.61. The zero-order valence-electron chi connectivity index (χ0n) is 5.10. The summed E-state index contributed by atoms with van der Waals surface area (Å²) in [6, 6.07) is 5.28. The Bertz CT molecular complexity index is 176. The maximum absolute atomic E-state index is 11.9. The van der Waals surface area contributed by atoms with Crippen LogP contribution in [0.15, 0.2) is 18.2 Å². The van der Waals surface area contributed by atoms with Gasteiger partial charge in [-0.2, -0.15) is 6.07 Å². The molecule has 0 radical (unpaired) electrons. The van der Waals surface area contributed by atoms with E-state index in [-0.39, 0.29) is 36.5 Å². The van der Waals surface area contributed by atoms with Crippen LogP contribution in [0.25, 0.3) is 0 Å². The third-order valence-electron chi connectivity index (χ3n) is 0.728. The van der Waals surface area contributed by atoms with E-state index in [4.69, 9.17) is 0 Å². The number of hydrogen-bond donors (Lipinski definition) is 0. The van der Waals surface area contributed by atoms with Crippen molar-refractivity contribution < 1.29 is 28.3 Å². The smallest absolute Gasteiger partial charge is 0.0178 e. The van der Waals surface area contributed by atoms with Crippen molar-refractivity contribution in [3.8, 4) is 0 Å². The van der Waals surface area contributed by atoms with Crippen molar-refractivity contribution in [2.24, 2.45) is 0 Å². The zero-order chi connectivity index (χ0) is 5.98. The standard InChI is InChI=1S/C6H3F2.BrH.Zn/c7-5-2-1-3-6(8)4-5;;/h1-2,4H;1H;/q-1;;. The van der Waals surface area contributed by atoms with Gasteiger partial charge in [-0.1, -0.05) is 0 Å². The fourth-order valence-electron chi connectivity index (χ4n) is 0.412. The van der Waals surface area contributed by atoms with E-state index >= 15 is 0 Å². The molecule has 0 aliphatic heterocycles. The van der Waals surface area contributed by atoms with Crippen molar-refractivity contribution in [1.29, 1.82) is 0 Å². The molecule has 0 aliphatic rings. The topological polar surface area (TPSA) is 0 Å². The SMILES string of the molecule is Br.Fc1[c-]ccc(F)c1.[Zn]. The van der Waals surface area contributed by atoms with Crippen LogP contribution in [0.2, 0.25) is 0 Å². The summed E-state index contributed by atoms with van der Waals surface area (Å²) in [6.07, 6.45) is 0. The average molecular weight is 259 g/mol. The van der Waals surface area contributed by atoms with Crippen molar-refractivity contribution in [3.05, 3.63) is 35.9 Å². The number of rotatable bonds is 0. The molecule has 0 saturated heterocycles. The van der Waals surface area contributed by atoms with Crippen molar-refractivity contribution in [2.75, 3.05) is 0 Å². The van der Waals surface area contributed by atoms with Gasteiger partial charge in [0.2, 0.25) is 0 Å². The molecule has 0 aliphatic carbocycles. The molecule has 0 nitrogen and oxygen atoms in total. The first-order chi connectivity index (χ1) is 3.79. The third kappa shape index (κ3) is 4.07. The third-order valence-corrected chi connectivity index (χ3v) is 0.728. The molecule has 1 rings (SSSR count). The second-order valence-electron chi connectivity index (χ2n) is 1.35. The molecule has 0 spiro atoms. The Balaban J connectivity index is 0. The summed E-state index contributed by atoms with van der Waals surface area (Å²) in [5.41, 5.74) is 0. The Morgan fingerprint density at radius 1 is 1.30 bits per heavy atom. The van der Waals surface area contributed by atoms with Gasteiger partial charge in [0.25, 0.3) is 0 Å². The molecular formula is C6H4BrF2Zn-. The summed E-state index contributed by atoms with van der Waals surface area (Å²) in [7, 11) is 0. The van der Waals surface area contributed by atoms with Gasteiger partial charge < -0.3 is 0 Å². The first-order valence-corrected chi connectivity index (χ1v) is 2.12. The van der Waals surface area contributed by atoms with Crippen LogP contribution in [0, 0.1) is 17.7 Å². The van der Waals surface area contributed by atoms with Gasteiger partial charge >= 0.3 is 0 Å². The van der Waals surface area contributed by atoms with E-state index in [1.54, 1.807) is 0 Å². The molecule has 0 amide bonds. The van der Waals surface area contributed by atoms with Crippen LogP contribution in [0.5, 0.6) is 0 Å². The molecule has 0 N–H and O–H groups in total. The van der Waals surface area contributed by atoms with Crippen LogP contribution in [0.3, 0.4) is 0 Å². The average Bonchev–Trinajstić information content (AvgIpc) is 1.64. The number of halogens is 3. The molecule has 0 unspecified atom stereocenters. The minimum absolute atomic E-state index is 0. The first kappa shape index (κ1) is 12.8. The molecule has 0 fully saturated rings. The predicted octanol–water partition coefficient (Wildman–Crippen LogP) is 2.34. The predicted molar refractivity (Wildman–Crippen MR) is 35.5 cm³/mol. The molecule has 10 heavy (non-hydrogen) atoms. The second-order valence-corrected chi connectivity index (χ2v) is 1.35. The summed E-state index contributed by atoms with van der Waals surface area (Å²) in [6.45, 7) is 0. The van der Waals surface area contributed by atoms with E-state index < -0.39 is 11.6 Å². The largest absolute Gasteiger partial charge is 0.236 e. The Morgan fingerprint density at radius 3 is 2.20 bits per heavy atom. The fraction of sp³-hybridized carbons (Fsp3) is 0. The van der Waals surface area contributed by atoms with Gasteiger partial charge in [-0.05, 0) is 0 Å². The minimum Gasteiger partial charge on any atom is -0.236 e. The van der Waals surface area contributed by atoms with Gasteiger partial charge in [-0.25, -0.2) is 8.78 Å². The van der Waals surface area contributed by atoms with Crippen LogP contribution >= 0.6 is 17.0 Å². The Labute approximate surface area is 81.2 Å². The summed E-state index contributed by atoms with van der Waals surface area (Å²) in [5, 5.41) is 0. The van der Waals surface area contributed by atoms with Crippen molar-refractivity contribution in [1.82, 2.24) is 0 Å². The first-order valence-electron chi connectivity index (χ1n) is 2.12. The van der Waals surface area contributed by atoms with Gasteiger partial charge in [0.1, 0.15) is 0 Å². The summed E-state index contributed by atoms with van der Waals surface area (Å²) in [4.78, 5) is 0. The molecule has 0 aromatic heterocycles. The van der Waals surface area contributed by atoms with E-state index in [1.807, 2.05) is 0 Å². The van der Waals surface area contributed by atoms with Gasteiger partial charge in [0.15, 0.2) is 0 Å². The minimum atomic E-state index is -0.662. The number of benzene rings is 1. The van der Waals surface area contributed by atoms with Crippen LogP contribution in [0.4, 0.5) is 8.78 Å². The summed E-state index contributed by atoms with van der Waals surface area (Å²) in [5.74, 6) is -1.23. The van der Waals surface area contributed by atoms with Crippen LogP contribution in [-0.4, -0.2) is 0 Å². The molecule has 1 aromatic rings. The van der Waals surface area contributed by atoms with Gasteiger partial charge in [0, 0.05) is 31.1 Å². The molecule has 0 bridgehead atoms. The summed E-state index contributed by atoms with van der Waals surface area (Å²) >= 11 is 0. The molecule has 0 saturated carbocycles. The van der Waals surface area contributed by atoms with Crippen LogP contribution in [0.1, 0.15) is 0 Å². The van der Waals surface area contributed by atoms with E-state index in [0.29, 0.717) is 0 Å². The molecule has 52 valence electrons. The van der Waals surface area contributed by atoms with E-state index in [0.717, 1.165) is 12.1 Å². The maximum Gasteiger partial charge on any atom is 0.0178 e. The normalized spacial score (nSPS) is 7.40. The molecule has 4 heteroatoms. The van der Waals surface area contributed by atoms with Crippen LogP contribution < -0.4 is 0 Å². The van der Waals surface area contributed by atoms with Crippen LogP contribution in [-0.2, 0) is 19.5 Å². The second kappa shape index (κ2) is 5.93. The van der Waals surface area contributed by atoms with Gasteiger partial charge in [-0.3, -0.25) is 0 Å². The molecule has 0 atom stereocenters. The van der Waals surface area contributed by atoms with Crippen molar-refractivity contribution in [2.45, 2.75) is 0 Å². The summed E-state index contributed by atoms with van der Waals surface area (Å²) < 4.78 is 23.8. The van der Waals surface area contributed by atoms with E-state index in [2.05, 4.69) is 6.07 Å². The van der Waals surface area contributed by atoms with Crippen molar-refractivity contribution >= 4 is 17.0 Å². The Hall–Kier alpha value is 0.183. The van der Waals surface area contributed by atoms with Gasteiger partial charge in [-0.15, -0.1) is 35.2 Å². The van der Waals surface area contributed by atoms with E-state index in [9.17, 15) is 8.78 Å². The van der Waals surface area contributed by atoms with Gasteiger partial charge in [0.05, 0.1) is 0 Å². The maximum atomic E-state index is 11.9. The number of hydrogen-bond acceptors (Lipinski definition) is 0. The Morgan fingerprint density at radius 2 is 1.90 bits per heavy atom. The quantitative estimate of drug-likeness (QED) is 0.495. The molecular weight excluding hydrogens is 255 g/mol. The zero-order valence-corrected chi connectivity index (χ0v) is 9.78. The fourth-order valence-corrected chi connectivity index (χ4v) is 0.412. The monoisotopic (exact) mass is 257 g/mol. The van der Waals surface area contributed by atoms with E-state index in [1.165, 1.54) is 6.07 Å².